The summed E-state index contributed by atoms with van der Waals surface area (Å²) in [5.41, 5.74) is 1.37. The van der Waals surface area contributed by atoms with Crippen LogP contribution in [-0.2, 0) is 11.2 Å². The molecule has 2 heteroatoms. The maximum atomic E-state index is 5.69. The molecule has 0 amide bonds. The van der Waals surface area contributed by atoms with E-state index < -0.39 is 0 Å². The molecule has 1 aromatic rings. The number of benzene rings is 1. The molecule has 0 radical (unpaired) electrons. The van der Waals surface area contributed by atoms with E-state index in [0.717, 1.165) is 25.2 Å². The van der Waals surface area contributed by atoms with Gasteiger partial charge in [-0.25, -0.2) is 0 Å². The Labute approximate surface area is 116 Å². The second-order valence-electron chi connectivity index (χ2n) is 5.04. The van der Waals surface area contributed by atoms with Crippen molar-refractivity contribution in [1.82, 2.24) is 0 Å². The minimum Gasteiger partial charge on any atom is -0.491 e. The molecular formula is C17H24O2. The molecular weight excluding hydrogens is 236 g/mol. The number of allylic oxidation sites excluding steroid dienone is 2. The van der Waals surface area contributed by atoms with Gasteiger partial charge >= 0.3 is 0 Å². The minimum absolute atomic E-state index is 0.328. The van der Waals surface area contributed by atoms with Crippen molar-refractivity contribution in [2.24, 2.45) is 0 Å². The van der Waals surface area contributed by atoms with Crippen LogP contribution in [0.3, 0.4) is 0 Å². The second kappa shape index (κ2) is 8.00. The van der Waals surface area contributed by atoms with Gasteiger partial charge in [-0.1, -0.05) is 31.2 Å². The minimum atomic E-state index is 0.328. The Hall–Kier alpha value is -1.28. The van der Waals surface area contributed by atoms with E-state index >= 15 is 0 Å². The lowest BCUT2D eigenvalue weighted by Crippen LogP contribution is -2.04. The van der Waals surface area contributed by atoms with Crippen LogP contribution in [0.1, 0.15) is 38.2 Å². The average Bonchev–Trinajstić information content (AvgIpc) is 3.25. The highest BCUT2D eigenvalue weighted by Gasteiger charge is 2.22. The van der Waals surface area contributed by atoms with Crippen molar-refractivity contribution in [3.05, 3.63) is 42.0 Å². The van der Waals surface area contributed by atoms with Gasteiger partial charge in [0.15, 0.2) is 0 Å². The van der Waals surface area contributed by atoms with E-state index in [4.69, 9.17) is 9.47 Å². The first kappa shape index (κ1) is 14.1. The molecule has 104 valence electrons. The van der Waals surface area contributed by atoms with E-state index in [1.807, 2.05) is 6.07 Å². The SMILES string of the molecule is CC/C=C/CCCCc1cccc(OCC2CO2)c1. The normalized spacial score (nSPS) is 17.8. The third-order valence-electron chi connectivity index (χ3n) is 3.23. The van der Waals surface area contributed by atoms with Crippen LogP contribution >= 0.6 is 0 Å². The van der Waals surface area contributed by atoms with Crippen LogP contribution in [-0.4, -0.2) is 19.3 Å². The molecule has 0 N–H and O–H groups in total. The Balaban J connectivity index is 1.67. The maximum Gasteiger partial charge on any atom is 0.119 e. The number of unbranched alkanes of at least 4 members (excludes halogenated alkanes) is 2. The van der Waals surface area contributed by atoms with Gasteiger partial charge in [-0.05, 0) is 49.8 Å². The molecule has 0 aromatic heterocycles. The summed E-state index contributed by atoms with van der Waals surface area (Å²) >= 11 is 0. The molecule has 19 heavy (non-hydrogen) atoms. The molecule has 1 aliphatic heterocycles. The van der Waals surface area contributed by atoms with Gasteiger partial charge in [-0.3, -0.25) is 0 Å². The Morgan fingerprint density at radius 2 is 2.21 bits per heavy atom. The molecule has 0 bridgehead atoms. The summed E-state index contributed by atoms with van der Waals surface area (Å²) in [5, 5.41) is 0. The van der Waals surface area contributed by atoms with Gasteiger partial charge in [-0.2, -0.15) is 0 Å². The smallest absolute Gasteiger partial charge is 0.119 e. The number of aryl methyl sites for hydroxylation is 1. The fraction of sp³-hybridized carbons (Fsp3) is 0.529. The van der Waals surface area contributed by atoms with Crippen molar-refractivity contribution in [3.8, 4) is 5.75 Å². The van der Waals surface area contributed by atoms with Gasteiger partial charge < -0.3 is 9.47 Å². The third kappa shape index (κ3) is 5.93. The van der Waals surface area contributed by atoms with Crippen LogP contribution in [0.15, 0.2) is 36.4 Å². The van der Waals surface area contributed by atoms with Gasteiger partial charge in [-0.15, -0.1) is 0 Å². The van der Waals surface area contributed by atoms with Gasteiger partial charge in [0.25, 0.3) is 0 Å². The molecule has 1 heterocycles. The Morgan fingerprint density at radius 1 is 1.32 bits per heavy atom. The Bertz CT molecular complexity index is 394. The van der Waals surface area contributed by atoms with Crippen molar-refractivity contribution in [2.75, 3.05) is 13.2 Å². The molecule has 1 atom stereocenters. The molecule has 1 aromatic carbocycles. The summed E-state index contributed by atoms with van der Waals surface area (Å²) in [6.07, 6.45) is 10.8. The van der Waals surface area contributed by atoms with Gasteiger partial charge in [0.2, 0.25) is 0 Å². The highest BCUT2D eigenvalue weighted by atomic mass is 16.6. The number of epoxide rings is 1. The molecule has 2 rings (SSSR count). The van der Waals surface area contributed by atoms with Crippen molar-refractivity contribution in [3.63, 3.8) is 0 Å². The summed E-state index contributed by atoms with van der Waals surface area (Å²) in [5.74, 6) is 0.971. The third-order valence-corrected chi connectivity index (χ3v) is 3.23. The van der Waals surface area contributed by atoms with E-state index in [1.165, 1.54) is 24.8 Å². The quantitative estimate of drug-likeness (QED) is 0.378. The summed E-state index contributed by atoms with van der Waals surface area (Å²) < 4.78 is 10.8. The van der Waals surface area contributed by atoms with Crippen LogP contribution in [0.25, 0.3) is 0 Å². The topological polar surface area (TPSA) is 21.8 Å². The lowest BCUT2D eigenvalue weighted by Gasteiger charge is -2.06. The van der Waals surface area contributed by atoms with Crippen molar-refractivity contribution < 1.29 is 9.47 Å². The first-order valence-electron chi connectivity index (χ1n) is 7.37. The number of hydrogen-bond donors (Lipinski definition) is 0. The molecule has 0 spiro atoms. The van der Waals surface area contributed by atoms with Crippen LogP contribution < -0.4 is 4.74 Å². The van der Waals surface area contributed by atoms with E-state index in [0.29, 0.717) is 12.7 Å². The van der Waals surface area contributed by atoms with Crippen LogP contribution in [0.4, 0.5) is 0 Å². The first-order valence-corrected chi connectivity index (χ1v) is 7.37. The largest absolute Gasteiger partial charge is 0.491 e. The summed E-state index contributed by atoms with van der Waals surface area (Å²) in [4.78, 5) is 0. The zero-order valence-corrected chi connectivity index (χ0v) is 11.8. The summed E-state index contributed by atoms with van der Waals surface area (Å²) in [6, 6.07) is 8.44. The van der Waals surface area contributed by atoms with Crippen LogP contribution in [0.5, 0.6) is 5.75 Å². The monoisotopic (exact) mass is 260 g/mol. The lowest BCUT2D eigenvalue weighted by atomic mass is 10.1. The van der Waals surface area contributed by atoms with Gasteiger partial charge in [0.05, 0.1) is 6.61 Å². The van der Waals surface area contributed by atoms with Crippen LogP contribution in [0.2, 0.25) is 0 Å². The Morgan fingerprint density at radius 3 is 3.00 bits per heavy atom. The van der Waals surface area contributed by atoms with E-state index in [1.54, 1.807) is 0 Å². The molecule has 1 saturated heterocycles. The summed E-state index contributed by atoms with van der Waals surface area (Å²) in [7, 11) is 0. The zero-order valence-electron chi connectivity index (χ0n) is 11.8. The molecule has 2 nitrogen and oxygen atoms in total. The van der Waals surface area contributed by atoms with Crippen molar-refractivity contribution in [2.45, 2.75) is 45.1 Å². The maximum absolute atomic E-state index is 5.69. The Kier molecular flexibility index (Phi) is 5.96. The van der Waals surface area contributed by atoms with Crippen molar-refractivity contribution in [1.29, 1.82) is 0 Å². The molecule has 1 fully saturated rings. The fourth-order valence-corrected chi connectivity index (χ4v) is 2.02. The molecule has 0 saturated carbocycles. The van der Waals surface area contributed by atoms with E-state index in [9.17, 15) is 0 Å². The highest BCUT2D eigenvalue weighted by Crippen LogP contribution is 2.18. The number of hydrogen-bond acceptors (Lipinski definition) is 2. The highest BCUT2D eigenvalue weighted by molar-refractivity contribution is 5.28. The average molecular weight is 260 g/mol. The predicted molar refractivity (Wildman–Crippen MR) is 78.7 cm³/mol. The molecule has 0 aliphatic carbocycles. The van der Waals surface area contributed by atoms with Crippen LogP contribution in [0, 0.1) is 0 Å². The number of rotatable bonds is 9. The first-order chi connectivity index (χ1) is 9.38. The van der Waals surface area contributed by atoms with Gasteiger partial charge in [0.1, 0.15) is 18.5 Å². The zero-order chi connectivity index (χ0) is 13.3. The van der Waals surface area contributed by atoms with E-state index in [2.05, 4.69) is 37.3 Å². The standard InChI is InChI=1S/C17H24O2/c1-2-3-4-5-6-7-9-15-10-8-11-16(12-15)18-13-17-14-19-17/h3-4,8,10-12,17H,2,5-7,9,13-14H2,1H3/b4-3+. The number of ether oxygens (including phenoxy) is 2. The lowest BCUT2D eigenvalue weighted by molar-refractivity contribution is 0.263. The fourth-order valence-electron chi connectivity index (χ4n) is 2.02. The van der Waals surface area contributed by atoms with Gasteiger partial charge in [0, 0.05) is 0 Å². The molecule has 1 unspecified atom stereocenters. The predicted octanol–water partition coefficient (Wildman–Crippen LogP) is 4.14. The summed E-state index contributed by atoms with van der Waals surface area (Å²) in [6.45, 7) is 3.71. The van der Waals surface area contributed by atoms with E-state index in [-0.39, 0.29) is 0 Å². The van der Waals surface area contributed by atoms with Crippen molar-refractivity contribution >= 4 is 0 Å². The molecule has 1 aliphatic rings. The second-order valence-corrected chi connectivity index (χ2v) is 5.04.